The molecule has 2 N–H and O–H groups in total. The Hall–Kier alpha value is -3.95. The van der Waals surface area contributed by atoms with Crippen molar-refractivity contribution in [2.24, 2.45) is 0 Å². The molecule has 4 rings (SSSR count). The first-order valence-corrected chi connectivity index (χ1v) is 9.70. The molecule has 0 radical (unpaired) electrons. The number of urea groups is 1. The molecule has 2 aromatic rings. The highest BCUT2D eigenvalue weighted by molar-refractivity contribution is 6.09. The molecule has 2 heterocycles. The third-order valence-electron chi connectivity index (χ3n) is 5.53. The van der Waals surface area contributed by atoms with Crippen molar-refractivity contribution in [2.75, 3.05) is 13.2 Å². The van der Waals surface area contributed by atoms with E-state index in [0.29, 0.717) is 24.3 Å². The van der Waals surface area contributed by atoms with Crippen LogP contribution in [0, 0.1) is 10.1 Å². The number of non-ortho nitro benzene ring substituents is 1. The molecule has 10 nitrogen and oxygen atoms in total. The van der Waals surface area contributed by atoms with E-state index in [1.807, 2.05) is 24.3 Å². The fraction of sp³-hybridized carbons (Fsp3) is 0.286. The van der Waals surface area contributed by atoms with Gasteiger partial charge in [-0.3, -0.25) is 24.6 Å². The number of rotatable bonds is 5. The number of hydrogen-bond acceptors (Lipinski definition) is 6. The van der Waals surface area contributed by atoms with Crippen LogP contribution < -0.4 is 15.4 Å². The summed E-state index contributed by atoms with van der Waals surface area (Å²) >= 11 is 0. The lowest BCUT2D eigenvalue weighted by Gasteiger charge is -2.27. The molecule has 1 fully saturated rings. The Morgan fingerprint density at radius 1 is 1.26 bits per heavy atom. The zero-order chi connectivity index (χ0) is 22.2. The molecule has 160 valence electrons. The third-order valence-corrected chi connectivity index (χ3v) is 5.53. The van der Waals surface area contributed by atoms with Crippen LogP contribution in [-0.4, -0.2) is 40.8 Å². The van der Waals surface area contributed by atoms with Gasteiger partial charge in [-0.25, -0.2) is 4.79 Å². The fourth-order valence-corrected chi connectivity index (χ4v) is 3.83. The molecule has 2 aliphatic heterocycles. The lowest BCUT2D eigenvalue weighted by atomic mass is 9.92. The number of fused-ring (bicyclic) bond motifs is 1. The van der Waals surface area contributed by atoms with Crippen LogP contribution in [0.4, 0.5) is 10.5 Å². The van der Waals surface area contributed by atoms with E-state index in [2.05, 4.69) is 10.6 Å². The Bertz CT molecular complexity index is 1070. The number of nitrogens with zero attached hydrogens (tertiary/aromatic N) is 2. The van der Waals surface area contributed by atoms with Gasteiger partial charge in [0.15, 0.2) is 0 Å². The minimum atomic E-state index is -1.42. The van der Waals surface area contributed by atoms with Crippen LogP contribution in [0.25, 0.3) is 0 Å². The number of benzene rings is 2. The first kappa shape index (κ1) is 20.3. The topological polar surface area (TPSA) is 131 Å². The van der Waals surface area contributed by atoms with Crippen molar-refractivity contribution >= 4 is 23.5 Å². The highest BCUT2D eigenvalue weighted by atomic mass is 16.6. The first-order valence-electron chi connectivity index (χ1n) is 9.70. The van der Waals surface area contributed by atoms with Crippen LogP contribution in [0.1, 0.15) is 30.5 Å². The second-order valence-corrected chi connectivity index (χ2v) is 7.55. The Labute approximate surface area is 177 Å². The lowest BCUT2D eigenvalue weighted by Crippen LogP contribution is -2.44. The van der Waals surface area contributed by atoms with Crippen LogP contribution in [-0.2, 0) is 15.1 Å². The Morgan fingerprint density at radius 2 is 1.97 bits per heavy atom. The lowest BCUT2D eigenvalue weighted by molar-refractivity contribution is -0.384. The minimum absolute atomic E-state index is 0.128. The molecular formula is C21H20N4O6. The quantitative estimate of drug-likeness (QED) is 0.429. The maximum Gasteiger partial charge on any atom is 0.325 e. The van der Waals surface area contributed by atoms with E-state index in [-0.39, 0.29) is 11.7 Å². The number of nitro benzene ring substituents is 1. The van der Waals surface area contributed by atoms with Crippen LogP contribution in [0.2, 0.25) is 0 Å². The highest BCUT2D eigenvalue weighted by Crippen LogP contribution is 2.32. The van der Waals surface area contributed by atoms with Gasteiger partial charge in [0, 0.05) is 24.1 Å². The van der Waals surface area contributed by atoms with E-state index in [0.717, 1.165) is 10.5 Å². The summed E-state index contributed by atoms with van der Waals surface area (Å²) in [7, 11) is 0. The summed E-state index contributed by atoms with van der Waals surface area (Å²) in [5.41, 5.74) is -0.317. The number of para-hydroxylation sites is 1. The summed E-state index contributed by atoms with van der Waals surface area (Å²) in [4.78, 5) is 49.2. The van der Waals surface area contributed by atoms with Gasteiger partial charge in [0.25, 0.3) is 11.6 Å². The van der Waals surface area contributed by atoms with Crippen molar-refractivity contribution in [3.63, 3.8) is 0 Å². The van der Waals surface area contributed by atoms with Crippen molar-refractivity contribution in [3.8, 4) is 5.75 Å². The molecule has 2 unspecified atom stereocenters. The normalized spacial score (nSPS) is 22.4. The number of carbonyl (C=O) groups excluding carboxylic acids is 3. The number of hydrogen-bond donors (Lipinski definition) is 2. The summed E-state index contributed by atoms with van der Waals surface area (Å²) in [6.07, 6.45) is 0.573. The van der Waals surface area contributed by atoms with E-state index < -0.39 is 34.9 Å². The molecular weight excluding hydrogens is 404 g/mol. The average molecular weight is 424 g/mol. The molecule has 0 aliphatic carbocycles. The van der Waals surface area contributed by atoms with Crippen molar-refractivity contribution in [1.82, 2.24) is 15.5 Å². The Kier molecular flexibility index (Phi) is 5.05. The molecule has 2 aliphatic rings. The Balaban J connectivity index is 1.47. The molecule has 2 atom stereocenters. The van der Waals surface area contributed by atoms with Gasteiger partial charge < -0.3 is 15.4 Å². The van der Waals surface area contributed by atoms with Crippen molar-refractivity contribution in [3.05, 3.63) is 69.8 Å². The monoisotopic (exact) mass is 424 g/mol. The van der Waals surface area contributed by atoms with Gasteiger partial charge in [0.2, 0.25) is 5.91 Å². The molecule has 4 amide bonds. The van der Waals surface area contributed by atoms with Crippen molar-refractivity contribution in [2.45, 2.75) is 24.9 Å². The van der Waals surface area contributed by atoms with E-state index in [1.54, 1.807) is 0 Å². The average Bonchev–Trinajstić information content (AvgIpc) is 2.98. The van der Waals surface area contributed by atoms with Crippen LogP contribution in [0.15, 0.2) is 48.5 Å². The zero-order valence-corrected chi connectivity index (χ0v) is 16.7. The summed E-state index contributed by atoms with van der Waals surface area (Å²) < 4.78 is 5.58. The summed E-state index contributed by atoms with van der Waals surface area (Å²) in [6, 6.07) is 11.7. The number of nitro groups is 1. The van der Waals surface area contributed by atoms with Crippen LogP contribution in [0.3, 0.4) is 0 Å². The molecule has 10 heteroatoms. The largest absolute Gasteiger partial charge is 0.493 e. The minimum Gasteiger partial charge on any atom is -0.493 e. The summed E-state index contributed by atoms with van der Waals surface area (Å²) in [5.74, 6) is -0.383. The number of imide groups is 1. The molecule has 0 bridgehead atoms. The first-order chi connectivity index (χ1) is 14.8. The molecule has 0 saturated carbocycles. The zero-order valence-electron chi connectivity index (χ0n) is 16.7. The standard InChI is InChI=1S/C21H20N4O6/c1-21(13-6-8-14(9-7-13)25(29)30)19(27)24(20(28)23-21)12-18(26)22-16-10-11-31-17-5-3-2-4-15(16)17/h2-9,16H,10-12H2,1H3,(H,22,26)(H,23,28). The van der Waals surface area contributed by atoms with Gasteiger partial charge in [-0.1, -0.05) is 18.2 Å². The van der Waals surface area contributed by atoms with E-state index in [1.165, 1.54) is 31.2 Å². The third kappa shape index (κ3) is 3.67. The smallest absolute Gasteiger partial charge is 0.325 e. The maximum absolute atomic E-state index is 13.0. The van der Waals surface area contributed by atoms with Gasteiger partial charge in [-0.15, -0.1) is 0 Å². The van der Waals surface area contributed by atoms with E-state index >= 15 is 0 Å². The van der Waals surface area contributed by atoms with Crippen LogP contribution >= 0.6 is 0 Å². The predicted octanol–water partition coefficient (Wildman–Crippen LogP) is 2.00. The SMILES string of the molecule is CC1(c2ccc([N+](=O)[O-])cc2)NC(=O)N(CC(=O)NC2CCOc3ccccc32)C1=O. The van der Waals surface area contributed by atoms with E-state index in [4.69, 9.17) is 4.74 Å². The second kappa shape index (κ2) is 7.71. The van der Waals surface area contributed by atoms with Gasteiger partial charge in [0.05, 0.1) is 17.6 Å². The Morgan fingerprint density at radius 3 is 2.68 bits per heavy atom. The highest BCUT2D eigenvalue weighted by Gasteiger charge is 2.49. The van der Waals surface area contributed by atoms with E-state index in [9.17, 15) is 24.5 Å². The number of carbonyl (C=O) groups is 3. The van der Waals surface area contributed by atoms with Crippen molar-refractivity contribution < 1.29 is 24.0 Å². The van der Waals surface area contributed by atoms with Gasteiger partial charge in [-0.05, 0) is 30.7 Å². The molecule has 31 heavy (non-hydrogen) atoms. The summed E-state index contributed by atoms with van der Waals surface area (Å²) in [6.45, 7) is 1.51. The second-order valence-electron chi connectivity index (χ2n) is 7.55. The van der Waals surface area contributed by atoms with Gasteiger partial charge in [-0.2, -0.15) is 0 Å². The fourth-order valence-electron chi connectivity index (χ4n) is 3.83. The molecule has 0 aromatic heterocycles. The molecule has 1 saturated heterocycles. The van der Waals surface area contributed by atoms with Gasteiger partial charge in [0.1, 0.15) is 17.8 Å². The van der Waals surface area contributed by atoms with Crippen LogP contribution in [0.5, 0.6) is 5.75 Å². The number of ether oxygens (including phenoxy) is 1. The molecule has 0 spiro atoms. The number of amides is 4. The number of nitrogens with one attached hydrogen (secondary N) is 2. The van der Waals surface area contributed by atoms with Crippen molar-refractivity contribution in [1.29, 1.82) is 0 Å². The van der Waals surface area contributed by atoms with Gasteiger partial charge >= 0.3 is 6.03 Å². The molecule has 2 aromatic carbocycles. The maximum atomic E-state index is 13.0. The predicted molar refractivity (Wildman–Crippen MR) is 108 cm³/mol. The summed E-state index contributed by atoms with van der Waals surface area (Å²) in [5, 5.41) is 16.3.